The molecule has 0 bridgehead atoms. The van der Waals surface area contributed by atoms with Gasteiger partial charge in [-0.15, -0.1) is 0 Å². The highest BCUT2D eigenvalue weighted by atomic mass is 31.2. The van der Waals surface area contributed by atoms with Gasteiger partial charge in [0.05, 0.1) is 0 Å². The third-order valence-electron chi connectivity index (χ3n) is 6.10. The van der Waals surface area contributed by atoms with Crippen molar-refractivity contribution in [3.8, 4) is 0 Å². The monoisotopic (exact) mass is 454 g/mol. The minimum Gasteiger partial charge on any atom is -0.380 e. The van der Waals surface area contributed by atoms with Crippen molar-refractivity contribution in [2.45, 2.75) is 26.9 Å². The molecule has 0 amide bonds. The Hall–Kier alpha value is -3.26. The van der Waals surface area contributed by atoms with Gasteiger partial charge >= 0.3 is 0 Å². The molecule has 4 aromatic carbocycles. The highest BCUT2D eigenvalue weighted by Gasteiger charge is 2.35. The molecule has 0 aromatic heterocycles. The number of rotatable bonds is 6. The Labute approximate surface area is 195 Å². The van der Waals surface area contributed by atoms with Crippen molar-refractivity contribution in [2.75, 3.05) is 0 Å². The summed E-state index contributed by atoms with van der Waals surface area (Å²) in [5.74, 6) is -0.384. The smallest absolute Gasteiger partial charge is 0.196 e. The quantitative estimate of drug-likeness (QED) is 0.323. The Morgan fingerprint density at radius 2 is 1.18 bits per heavy atom. The van der Waals surface area contributed by atoms with Crippen LogP contribution in [0.2, 0.25) is 0 Å². The average Bonchev–Trinajstić information content (AvgIpc) is 2.84. The van der Waals surface area contributed by atoms with Crippen LogP contribution in [0.3, 0.4) is 0 Å². The average molecular weight is 455 g/mol. The zero-order valence-electron chi connectivity index (χ0n) is 19.0. The number of aliphatic hydroxyl groups excluding tert-OH is 1. The van der Waals surface area contributed by atoms with Crippen LogP contribution in [0, 0.1) is 20.8 Å². The summed E-state index contributed by atoms with van der Waals surface area (Å²) in [7, 11) is -3.27. The number of benzene rings is 4. The first-order valence-corrected chi connectivity index (χ1v) is 12.7. The molecule has 0 heterocycles. The molecular formula is C29H27O3P. The molecular weight excluding hydrogens is 427 g/mol. The summed E-state index contributed by atoms with van der Waals surface area (Å²) in [6, 6.07) is 29.7. The second kappa shape index (κ2) is 9.31. The van der Waals surface area contributed by atoms with Gasteiger partial charge in [-0.3, -0.25) is 4.79 Å². The molecule has 4 rings (SSSR count). The topological polar surface area (TPSA) is 54.4 Å². The maximum atomic E-state index is 15.0. The maximum absolute atomic E-state index is 15.0. The van der Waals surface area contributed by atoms with Crippen molar-refractivity contribution >= 4 is 28.8 Å². The second-order valence-electron chi connectivity index (χ2n) is 8.32. The van der Waals surface area contributed by atoms with Crippen LogP contribution in [-0.2, 0) is 4.57 Å². The van der Waals surface area contributed by atoms with Crippen LogP contribution in [0.5, 0.6) is 0 Å². The number of carbonyl (C=O) groups excluding carboxylic acids is 1. The molecule has 166 valence electrons. The lowest BCUT2D eigenvalue weighted by atomic mass is 9.92. The van der Waals surface area contributed by atoms with Crippen LogP contribution < -0.4 is 15.9 Å². The van der Waals surface area contributed by atoms with Gasteiger partial charge in [-0.25, -0.2) is 0 Å². The third kappa shape index (κ3) is 4.11. The highest BCUT2D eigenvalue weighted by molar-refractivity contribution is 7.85. The zero-order chi connectivity index (χ0) is 23.6. The van der Waals surface area contributed by atoms with Gasteiger partial charge in [-0.2, -0.15) is 0 Å². The Balaban J connectivity index is 1.97. The summed E-state index contributed by atoms with van der Waals surface area (Å²) in [5.41, 5.74) is 3.26. The number of ketones is 1. The van der Waals surface area contributed by atoms with Gasteiger partial charge in [0.25, 0.3) is 0 Å². The lowest BCUT2D eigenvalue weighted by Crippen LogP contribution is -2.30. The summed E-state index contributed by atoms with van der Waals surface area (Å²) >= 11 is 0. The molecule has 1 atom stereocenters. The van der Waals surface area contributed by atoms with Crippen molar-refractivity contribution in [2.24, 2.45) is 0 Å². The fourth-order valence-corrected chi connectivity index (χ4v) is 7.79. The van der Waals surface area contributed by atoms with E-state index in [9.17, 15) is 9.90 Å². The highest BCUT2D eigenvalue weighted by Crippen LogP contribution is 2.45. The molecule has 4 aromatic rings. The van der Waals surface area contributed by atoms with Crippen molar-refractivity contribution in [1.82, 2.24) is 0 Å². The van der Waals surface area contributed by atoms with E-state index in [1.54, 1.807) is 24.3 Å². The first-order valence-electron chi connectivity index (χ1n) is 11.0. The number of carbonyl (C=O) groups is 1. The second-order valence-corrected chi connectivity index (χ2v) is 11.0. The Kier molecular flexibility index (Phi) is 6.47. The van der Waals surface area contributed by atoms with E-state index in [1.807, 2.05) is 93.6 Å². The van der Waals surface area contributed by atoms with Crippen LogP contribution in [0.1, 0.15) is 38.7 Å². The number of hydrogen-bond acceptors (Lipinski definition) is 3. The summed E-state index contributed by atoms with van der Waals surface area (Å²) in [6.45, 7) is 5.65. The number of Topliss-reactive ketones (excluding diaryl/α,β-unsaturated/α-hetero) is 1. The molecule has 4 heteroatoms. The van der Waals surface area contributed by atoms with Gasteiger partial charge in [0.15, 0.2) is 12.9 Å². The van der Waals surface area contributed by atoms with E-state index >= 15 is 4.57 Å². The van der Waals surface area contributed by atoms with E-state index in [1.165, 1.54) is 0 Å². The maximum Gasteiger partial charge on any atom is 0.196 e. The normalized spacial score (nSPS) is 12.4. The molecule has 1 N–H and O–H groups in total. The Morgan fingerprint density at radius 1 is 0.727 bits per heavy atom. The Morgan fingerprint density at radius 3 is 1.67 bits per heavy atom. The van der Waals surface area contributed by atoms with Gasteiger partial charge in [-0.05, 0) is 43.0 Å². The van der Waals surface area contributed by atoms with E-state index in [2.05, 4.69) is 0 Å². The molecule has 0 aliphatic carbocycles. The predicted molar refractivity (Wildman–Crippen MR) is 136 cm³/mol. The first kappa shape index (κ1) is 22.9. The third-order valence-corrected chi connectivity index (χ3v) is 9.46. The fraction of sp³-hybridized carbons (Fsp3) is 0.138. The van der Waals surface area contributed by atoms with Gasteiger partial charge in [0.1, 0.15) is 6.10 Å². The van der Waals surface area contributed by atoms with Crippen molar-refractivity contribution in [3.05, 3.63) is 125 Å². The van der Waals surface area contributed by atoms with Gasteiger partial charge in [0, 0.05) is 21.5 Å². The minimum atomic E-state index is -3.27. The molecule has 0 saturated carbocycles. The van der Waals surface area contributed by atoms with Crippen LogP contribution in [0.15, 0.2) is 97.1 Å². The van der Waals surface area contributed by atoms with E-state index in [0.29, 0.717) is 32.6 Å². The van der Waals surface area contributed by atoms with Crippen LogP contribution >= 0.6 is 7.14 Å². The molecule has 0 radical (unpaired) electrons. The zero-order valence-corrected chi connectivity index (χ0v) is 19.9. The van der Waals surface area contributed by atoms with E-state index in [4.69, 9.17) is 0 Å². The molecule has 3 nitrogen and oxygen atoms in total. The summed E-state index contributed by atoms with van der Waals surface area (Å²) in [4.78, 5) is 13.5. The van der Waals surface area contributed by atoms with Crippen molar-refractivity contribution < 1.29 is 14.5 Å². The first-order chi connectivity index (χ1) is 15.9. The molecule has 0 aliphatic heterocycles. The van der Waals surface area contributed by atoms with E-state index < -0.39 is 13.2 Å². The minimum absolute atomic E-state index is 0.384. The van der Waals surface area contributed by atoms with Gasteiger partial charge in [0.2, 0.25) is 0 Å². The molecule has 0 saturated heterocycles. The van der Waals surface area contributed by atoms with Crippen molar-refractivity contribution in [1.29, 1.82) is 0 Å². The lowest BCUT2D eigenvalue weighted by Gasteiger charge is -2.26. The number of aryl methyl sites for hydroxylation is 2. The van der Waals surface area contributed by atoms with Gasteiger partial charge < -0.3 is 9.67 Å². The van der Waals surface area contributed by atoms with Crippen LogP contribution in [0.4, 0.5) is 0 Å². The SMILES string of the molecule is Cc1cc(C)c(P(=O)(c2ccccc2)c2ccccc2)c(C)c1C(=O)C(O)c1ccccc1. The van der Waals surface area contributed by atoms with E-state index in [-0.39, 0.29) is 5.78 Å². The van der Waals surface area contributed by atoms with Crippen molar-refractivity contribution in [3.63, 3.8) is 0 Å². The fourth-order valence-electron chi connectivity index (χ4n) is 4.65. The molecule has 1 unspecified atom stereocenters. The van der Waals surface area contributed by atoms with Gasteiger partial charge in [-0.1, -0.05) is 97.1 Å². The number of hydrogen-bond donors (Lipinski definition) is 1. The molecule has 0 aliphatic rings. The lowest BCUT2D eigenvalue weighted by molar-refractivity contribution is 0.0746. The van der Waals surface area contributed by atoms with E-state index in [0.717, 1.165) is 11.1 Å². The summed E-state index contributed by atoms with van der Waals surface area (Å²) in [6.07, 6.45) is -1.29. The summed E-state index contributed by atoms with van der Waals surface area (Å²) < 4.78 is 15.0. The van der Waals surface area contributed by atoms with Crippen LogP contribution in [0.25, 0.3) is 0 Å². The molecule has 0 fully saturated rings. The predicted octanol–water partition coefficient (Wildman–Crippen LogP) is 5.17. The largest absolute Gasteiger partial charge is 0.380 e. The summed E-state index contributed by atoms with van der Waals surface area (Å²) in [5, 5.41) is 13.0. The number of aliphatic hydroxyl groups is 1. The Bertz CT molecular complexity index is 1290. The molecule has 33 heavy (non-hydrogen) atoms. The molecule has 0 spiro atoms. The van der Waals surface area contributed by atoms with Crippen LogP contribution in [-0.4, -0.2) is 10.9 Å². The standard InChI is InChI=1S/C29H27O3P/c1-20-19-21(2)29(22(3)26(20)28(31)27(30)23-13-7-4-8-14-23)33(32,24-15-9-5-10-16-24)25-17-11-6-12-18-25/h4-19,27,30H,1-3H3.